The summed E-state index contributed by atoms with van der Waals surface area (Å²) in [7, 11) is 0. The molecule has 0 heterocycles. The van der Waals surface area contributed by atoms with Gasteiger partial charge in [-0.1, -0.05) is 206 Å². The number of nitrogens with zero attached hydrogens (tertiary/aromatic N) is 1. The van der Waals surface area contributed by atoms with E-state index in [0.29, 0.717) is 0 Å². The molecule has 65 heavy (non-hydrogen) atoms. The fraction of sp³-hybridized carbons (Fsp3) is 0. The Hall–Kier alpha value is -8.52. The van der Waals surface area contributed by atoms with E-state index < -0.39 is 0 Å². The van der Waals surface area contributed by atoms with Gasteiger partial charge in [-0.15, -0.1) is 0 Å². The summed E-state index contributed by atoms with van der Waals surface area (Å²) >= 11 is 0. The average molecular weight is 826 g/mol. The molecule has 0 aliphatic carbocycles. The van der Waals surface area contributed by atoms with Crippen LogP contribution in [0.25, 0.3) is 98.7 Å². The van der Waals surface area contributed by atoms with Crippen molar-refractivity contribution in [3.8, 4) is 55.6 Å². The van der Waals surface area contributed by atoms with Crippen molar-refractivity contribution in [2.45, 2.75) is 0 Å². The minimum absolute atomic E-state index is 1.09. The first-order chi connectivity index (χ1) is 32.2. The molecule has 0 radical (unpaired) electrons. The van der Waals surface area contributed by atoms with Gasteiger partial charge in [0.05, 0.1) is 0 Å². The van der Waals surface area contributed by atoms with Crippen LogP contribution in [-0.2, 0) is 0 Å². The molecule has 0 unspecified atom stereocenters. The molecule has 12 rings (SSSR count). The van der Waals surface area contributed by atoms with Gasteiger partial charge in [0, 0.05) is 17.1 Å². The van der Waals surface area contributed by atoms with Crippen molar-refractivity contribution < 1.29 is 0 Å². The highest BCUT2D eigenvalue weighted by molar-refractivity contribution is 6.22. The second-order valence-electron chi connectivity index (χ2n) is 16.9. The smallest absolute Gasteiger partial charge is 0.0468 e. The van der Waals surface area contributed by atoms with E-state index in [1.807, 2.05) is 0 Å². The van der Waals surface area contributed by atoms with E-state index in [1.165, 1.54) is 98.7 Å². The summed E-state index contributed by atoms with van der Waals surface area (Å²) in [6.45, 7) is 0. The second-order valence-corrected chi connectivity index (χ2v) is 16.9. The molecule has 0 amide bonds. The molecule has 0 N–H and O–H groups in total. The minimum Gasteiger partial charge on any atom is -0.310 e. The van der Waals surface area contributed by atoms with E-state index >= 15 is 0 Å². The number of hydrogen-bond acceptors (Lipinski definition) is 1. The molecule has 0 fully saturated rings. The Bertz CT molecular complexity index is 3550. The van der Waals surface area contributed by atoms with E-state index in [-0.39, 0.29) is 0 Å². The lowest BCUT2D eigenvalue weighted by Crippen LogP contribution is -2.10. The second kappa shape index (κ2) is 16.3. The third-order valence-electron chi connectivity index (χ3n) is 13.0. The molecule has 0 saturated heterocycles. The maximum atomic E-state index is 2.41. The highest BCUT2D eigenvalue weighted by Crippen LogP contribution is 2.46. The van der Waals surface area contributed by atoms with Gasteiger partial charge in [0.15, 0.2) is 0 Å². The first kappa shape index (κ1) is 38.2. The van der Waals surface area contributed by atoms with Crippen LogP contribution >= 0.6 is 0 Å². The van der Waals surface area contributed by atoms with E-state index in [9.17, 15) is 0 Å². The normalized spacial score (nSPS) is 11.4. The molecule has 0 aliphatic heterocycles. The van der Waals surface area contributed by atoms with Gasteiger partial charge in [-0.25, -0.2) is 0 Å². The Morgan fingerprint density at radius 3 is 1.05 bits per heavy atom. The Kier molecular flexibility index (Phi) is 9.58. The predicted octanol–water partition coefficient (Wildman–Crippen LogP) is 18.1. The molecule has 1 nitrogen and oxygen atoms in total. The van der Waals surface area contributed by atoms with Gasteiger partial charge in [0.2, 0.25) is 0 Å². The van der Waals surface area contributed by atoms with Crippen molar-refractivity contribution in [1.82, 2.24) is 0 Å². The zero-order chi connectivity index (χ0) is 43.1. The molecule has 304 valence electrons. The fourth-order valence-corrected chi connectivity index (χ4v) is 9.80. The van der Waals surface area contributed by atoms with Gasteiger partial charge < -0.3 is 4.90 Å². The van der Waals surface area contributed by atoms with Crippen molar-refractivity contribution in [1.29, 1.82) is 0 Å². The van der Waals surface area contributed by atoms with Gasteiger partial charge >= 0.3 is 0 Å². The lowest BCUT2D eigenvalue weighted by Gasteiger charge is -2.26. The quantitative estimate of drug-likeness (QED) is 0.138. The minimum atomic E-state index is 1.09. The fourth-order valence-electron chi connectivity index (χ4n) is 9.80. The molecular formula is C64H43N. The molecule has 0 spiro atoms. The summed E-state index contributed by atoms with van der Waals surface area (Å²) in [5.74, 6) is 0. The molecule has 12 aromatic rings. The van der Waals surface area contributed by atoms with Crippen LogP contribution < -0.4 is 4.90 Å². The first-order valence-corrected chi connectivity index (χ1v) is 22.4. The Labute approximate surface area is 379 Å². The zero-order valence-electron chi connectivity index (χ0n) is 35.8. The standard InChI is InChI=1S/C64H43N/c1-5-15-44(16-6-1)49-25-27-53-41-57(36-31-51(53)39-49)65(58-37-32-52-40-50(26-28-54(52)42-58)45-17-7-2-8-18-45)56-34-29-46(30-35-56)55-33-38-60-59-23-13-14-24-61(59)63(47-19-9-3-10-20-47)64(62(60)43-55)48-21-11-4-12-22-48/h1-43H. The molecular weight excluding hydrogens is 783 g/mol. The molecule has 0 bridgehead atoms. The molecule has 1 heteroatoms. The number of fused-ring (bicyclic) bond motifs is 5. The highest BCUT2D eigenvalue weighted by atomic mass is 15.1. The van der Waals surface area contributed by atoms with Gasteiger partial charge in [-0.3, -0.25) is 0 Å². The Morgan fingerprint density at radius 2 is 0.523 bits per heavy atom. The molecule has 0 saturated carbocycles. The third kappa shape index (κ3) is 7.10. The SMILES string of the molecule is c1ccc(-c2ccc3cc(N(c4ccc(-c5ccc6c(c5)c(-c5ccccc5)c(-c5ccccc5)c5ccccc56)cc4)c4ccc5cc(-c6ccccc6)ccc5c4)ccc3c2)cc1. The summed E-state index contributed by atoms with van der Waals surface area (Å²) in [6.07, 6.45) is 0. The van der Waals surface area contributed by atoms with Gasteiger partial charge in [0.25, 0.3) is 0 Å². The summed E-state index contributed by atoms with van der Waals surface area (Å²) < 4.78 is 0. The Balaban J connectivity index is 0.986. The number of anilines is 3. The van der Waals surface area contributed by atoms with Gasteiger partial charge in [-0.05, 0) is 153 Å². The van der Waals surface area contributed by atoms with E-state index in [2.05, 4.69) is 266 Å². The van der Waals surface area contributed by atoms with Crippen molar-refractivity contribution in [2.75, 3.05) is 4.90 Å². The molecule has 0 aliphatic rings. The van der Waals surface area contributed by atoms with Crippen LogP contribution in [0.2, 0.25) is 0 Å². The van der Waals surface area contributed by atoms with Crippen LogP contribution in [0, 0.1) is 0 Å². The number of rotatable bonds is 8. The molecule has 0 atom stereocenters. The highest BCUT2D eigenvalue weighted by Gasteiger charge is 2.19. The van der Waals surface area contributed by atoms with Crippen molar-refractivity contribution in [2.24, 2.45) is 0 Å². The summed E-state index contributed by atoms with van der Waals surface area (Å²) in [6, 6.07) is 95.3. The van der Waals surface area contributed by atoms with Crippen LogP contribution in [0.5, 0.6) is 0 Å². The molecule has 0 aromatic heterocycles. The largest absolute Gasteiger partial charge is 0.310 e. The molecule has 12 aromatic carbocycles. The van der Waals surface area contributed by atoms with E-state index in [0.717, 1.165) is 17.1 Å². The van der Waals surface area contributed by atoms with Gasteiger partial charge in [-0.2, -0.15) is 0 Å². The Morgan fingerprint density at radius 1 is 0.185 bits per heavy atom. The summed E-state index contributed by atoms with van der Waals surface area (Å²) in [4.78, 5) is 2.39. The maximum Gasteiger partial charge on any atom is 0.0468 e. The van der Waals surface area contributed by atoms with Gasteiger partial charge in [0.1, 0.15) is 0 Å². The average Bonchev–Trinajstić information content (AvgIpc) is 3.39. The van der Waals surface area contributed by atoms with Crippen LogP contribution in [0.15, 0.2) is 261 Å². The lowest BCUT2D eigenvalue weighted by molar-refractivity contribution is 1.29. The van der Waals surface area contributed by atoms with Crippen LogP contribution in [0.3, 0.4) is 0 Å². The van der Waals surface area contributed by atoms with Crippen molar-refractivity contribution >= 4 is 60.2 Å². The first-order valence-electron chi connectivity index (χ1n) is 22.4. The van der Waals surface area contributed by atoms with Crippen molar-refractivity contribution in [3.05, 3.63) is 261 Å². The topological polar surface area (TPSA) is 3.24 Å². The monoisotopic (exact) mass is 825 g/mol. The van der Waals surface area contributed by atoms with E-state index in [1.54, 1.807) is 0 Å². The number of hydrogen-bond donors (Lipinski definition) is 0. The van der Waals surface area contributed by atoms with Crippen molar-refractivity contribution in [3.63, 3.8) is 0 Å². The number of benzene rings is 12. The van der Waals surface area contributed by atoms with Crippen LogP contribution in [0.1, 0.15) is 0 Å². The maximum absolute atomic E-state index is 2.41. The summed E-state index contributed by atoms with van der Waals surface area (Å²) in [5.41, 5.74) is 15.5. The van der Waals surface area contributed by atoms with Crippen LogP contribution in [0.4, 0.5) is 17.1 Å². The predicted molar refractivity (Wildman–Crippen MR) is 278 cm³/mol. The lowest BCUT2D eigenvalue weighted by atomic mass is 9.84. The third-order valence-corrected chi connectivity index (χ3v) is 13.0. The zero-order valence-corrected chi connectivity index (χ0v) is 35.8. The van der Waals surface area contributed by atoms with E-state index in [4.69, 9.17) is 0 Å². The van der Waals surface area contributed by atoms with Crippen LogP contribution in [-0.4, -0.2) is 0 Å². The summed E-state index contributed by atoms with van der Waals surface area (Å²) in [5, 5.41) is 9.85.